The molecule has 0 atom stereocenters. The second-order valence-electron chi connectivity index (χ2n) is 5.33. The van der Waals surface area contributed by atoms with E-state index in [1.54, 1.807) is 20.9 Å². The van der Waals surface area contributed by atoms with Gasteiger partial charge in [0.15, 0.2) is 0 Å². The van der Waals surface area contributed by atoms with Crippen molar-refractivity contribution >= 4 is 21.4 Å². The monoisotopic (exact) mass is 315 g/mol. The van der Waals surface area contributed by atoms with Crippen LogP contribution in [0.1, 0.15) is 27.2 Å². The molecule has 0 heterocycles. The number of anilines is 1. The van der Waals surface area contributed by atoms with Crippen LogP contribution in [-0.2, 0) is 10.0 Å². The van der Waals surface area contributed by atoms with E-state index >= 15 is 0 Å². The minimum atomic E-state index is -3.84. The summed E-state index contributed by atoms with van der Waals surface area (Å²) in [5.41, 5.74) is -0.510. The van der Waals surface area contributed by atoms with Crippen LogP contribution in [0.3, 0.4) is 0 Å². The highest BCUT2D eigenvalue weighted by molar-refractivity contribution is 7.89. The van der Waals surface area contributed by atoms with Crippen molar-refractivity contribution < 1.29 is 13.3 Å². The molecule has 8 heteroatoms. The van der Waals surface area contributed by atoms with Gasteiger partial charge in [-0.3, -0.25) is 10.1 Å². The van der Waals surface area contributed by atoms with E-state index in [-0.39, 0.29) is 10.6 Å². The van der Waals surface area contributed by atoms with Crippen LogP contribution in [0.2, 0.25) is 0 Å². The summed E-state index contributed by atoms with van der Waals surface area (Å²) in [6.07, 6.45) is 0.618. The highest BCUT2D eigenvalue weighted by atomic mass is 32.2. The number of hydrogen-bond acceptors (Lipinski definition) is 5. The predicted octanol–water partition coefficient (Wildman–Crippen LogP) is 2.45. The molecule has 118 valence electrons. The maximum atomic E-state index is 12.8. The lowest BCUT2D eigenvalue weighted by molar-refractivity contribution is -0.385. The first-order valence-corrected chi connectivity index (χ1v) is 7.97. The Morgan fingerprint density at radius 2 is 1.95 bits per heavy atom. The Bertz CT molecular complexity index is 641. The average molecular weight is 315 g/mol. The summed E-state index contributed by atoms with van der Waals surface area (Å²) in [7, 11) is -0.783. The number of benzene rings is 1. The zero-order valence-electron chi connectivity index (χ0n) is 12.9. The molecule has 0 spiro atoms. The van der Waals surface area contributed by atoms with Crippen molar-refractivity contribution in [1.29, 1.82) is 0 Å². The molecular weight excluding hydrogens is 294 g/mol. The standard InChI is InChI=1S/C13H21N3O4S/c1-6-13(2,3)15(5)21(19,20)12-9-10(16(17)18)7-8-11(12)14-4/h7-9,14H,6H2,1-5H3. The summed E-state index contributed by atoms with van der Waals surface area (Å²) < 4.78 is 26.8. The molecule has 0 amide bonds. The number of sulfonamides is 1. The van der Waals surface area contributed by atoms with Crippen LogP contribution in [0, 0.1) is 10.1 Å². The van der Waals surface area contributed by atoms with Gasteiger partial charge in [-0.15, -0.1) is 0 Å². The second kappa shape index (κ2) is 5.98. The van der Waals surface area contributed by atoms with Crippen molar-refractivity contribution in [3.8, 4) is 0 Å². The summed E-state index contributed by atoms with van der Waals surface area (Å²) >= 11 is 0. The fraction of sp³-hybridized carbons (Fsp3) is 0.538. The maximum Gasteiger partial charge on any atom is 0.270 e. The fourth-order valence-corrected chi connectivity index (χ4v) is 3.53. The van der Waals surface area contributed by atoms with Gasteiger partial charge in [-0.1, -0.05) is 6.92 Å². The van der Waals surface area contributed by atoms with Crippen molar-refractivity contribution in [2.75, 3.05) is 19.4 Å². The van der Waals surface area contributed by atoms with Gasteiger partial charge < -0.3 is 5.32 Å². The topological polar surface area (TPSA) is 92.5 Å². The molecule has 1 aromatic rings. The second-order valence-corrected chi connectivity index (χ2v) is 7.26. The normalized spacial score (nSPS) is 12.5. The number of nitro benzene ring substituents is 1. The number of nitro groups is 1. The van der Waals surface area contributed by atoms with Crippen LogP contribution < -0.4 is 5.32 Å². The van der Waals surface area contributed by atoms with Gasteiger partial charge in [0, 0.05) is 31.8 Å². The molecule has 0 aliphatic rings. The van der Waals surface area contributed by atoms with Gasteiger partial charge in [0.2, 0.25) is 10.0 Å². The molecular formula is C13H21N3O4S. The Balaban J connectivity index is 3.49. The number of rotatable bonds is 6. The summed E-state index contributed by atoms with van der Waals surface area (Å²) in [4.78, 5) is 10.2. The Morgan fingerprint density at radius 1 is 1.38 bits per heavy atom. The van der Waals surface area contributed by atoms with E-state index in [1.165, 1.54) is 23.5 Å². The SMILES string of the molecule is CCC(C)(C)N(C)S(=O)(=O)c1cc([N+](=O)[O-])ccc1NC. The van der Waals surface area contributed by atoms with E-state index in [1.807, 2.05) is 6.92 Å². The Labute approximate surface area is 125 Å². The smallest absolute Gasteiger partial charge is 0.270 e. The zero-order valence-corrected chi connectivity index (χ0v) is 13.7. The van der Waals surface area contributed by atoms with Crippen LogP contribution in [0.25, 0.3) is 0 Å². The molecule has 0 fully saturated rings. The van der Waals surface area contributed by atoms with Crippen molar-refractivity contribution in [1.82, 2.24) is 4.31 Å². The highest BCUT2D eigenvalue weighted by Gasteiger charge is 2.34. The fourth-order valence-electron chi connectivity index (χ4n) is 1.74. The molecule has 0 aromatic heterocycles. The number of hydrogen-bond donors (Lipinski definition) is 1. The molecule has 0 saturated carbocycles. The third-order valence-corrected chi connectivity index (χ3v) is 5.91. The molecule has 0 aliphatic heterocycles. The molecule has 0 unspecified atom stereocenters. The first kappa shape index (κ1) is 17.4. The van der Waals surface area contributed by atoms with E-state index < -0.39 is 20.5 Å². The van der Waals surface area contributed by atoms with Gasteiger partial charge in [-0.2, -0.15) is 4.31 Å². The van der Waals surface area contributed by atoms with Crippen molar-refractivity contribution in [2.45, 2.75) is 37.6 Å². The van der Waals surface area contributed by atoms with E-state index in [4.69, 9.17) is 0 Å². The first-order valence-electron chi connectivity index (χ1n) is 6.53. The van der Waals surface area contributed by atoms with Crippen molar-refractivity contribution in [3.63, 3.8) is 0 Å². The van der Waals surface area contributed by atoms with Crippen LogP contribution in [0.4, 0.5) is 11.4 Å². The summed E-state index contributed by atoms with van der Waals surface area (Å²) in [5, 5.41) is 13.6. The van der Waals surface area contributed by atoms with Crippen molar-refractivity contribution in [3.05, 3.63) is 28.3 Å². The molecule has 0 aliphatic carbocycles. The molecule has 0 radical (unpaired) electrons. The van der Waals surface area contributed by atoms with Crippen LogP contribution in [0.15, 0.2) is 23.1 Å². The molecule has 7 nitrogen and oxygen atoms in total. The lowest BCUT2D eigenvalue weighted by Crippen LogP contribution is -2.44. The summed E-state index contributed by atoms with van der Waals surface area (Å²) in [5.74, 6) is 0. The lowest BCUT2D eigenvalue weighted by Gasteiger charge is -2.34. The van der Waals surface area contributed by atoms with Gasteiger partial charge in [-0.05, 0) is 26.3 Å². The van der Waals surface area contributed by atoms with E-state index in [2.05, 4.69) is 5.32 Å². The third-order valence-electron chi connectivity index (χ3n) is 3.80. The minimum absolute atomic E-state index is 0.0942. The molecule has 21 heavy (non-hydrogen) atoms. The van der Waals surface area contributed by atoms with E-state index in [0.29, 0.717) is 12.1 Å². The predicted molar refractivity (Wildman–Crippen MR) is 82.0 cm³/mol. The summed E-state index contributed by atoms with van der Waals surface area (Å²) in [6, 6.07) is 3.76. The molecule has 0 bridgehead atoms. The largest absolute Gasteiger partial charge is 0.387 e. The Morgan fingerprint density at radius 3 is 2.38 bits per heavy atom. The van der Waals surface area contributed by atoms with Gasteiger partial charge in [-0.25, -0.2) is 8.42 Å². The first-order chi connectivity index (χ1) is 9.57. The Kier molecular flexibility index (Phi) is 4.95. The third kappa shape index (κ3) is 3.33. The Hall–Kier alpha value is -1.67. The number of non-ortho nitro benzene ring substituents is 1. The van der Waals surface area contributed by atoms with Gasteiger partial charge >= 0.3 is 0 Å². The molecule has 1 N–H and O–H groups in total. The number of nitrogens with one attached hydrogen (secondary N) is 1. The summed E-state index contributed by atoms with van der Waals surface area (Å²) in [6.45, 7) is 5.50. The average Bonchev–Trinajstić information content (AvgIpc) is 2.45. The molecule has 1 aromatic carbocycles. The molecule has 0 saturated heterocycles. The minimum Gasteiger partial charge on any atom is -0.387 e. The highest BCUT2D eigenvalue weighted by Crippen LogP contribution is 2.32. The lowest BCUT2D eigenvalue weighted by atomic mass is 10.0. The maximum absolute atomic E-state index is 12.8. The van der Waals surface area contributed by atoms with Crippen LogP contribution in [-0.4, -0.2) is 37.3 Å². The van der Waals surface area contributed by atoms with Crippen molar-refractivity contribution in [2.24, 2.45) is 0 Å². The van der Waals surface area contributed by atoms with Crippen LogP contribution in [0.5, 0.6) is 0 Å². The number of nitrogens with zero attached hydrogens (tertiary/aromatic N) is 2. The van der Waals surface area contributed by atoms with Gasteiger partial charge in [0.25, 0.3) is 5.69 Å². The quantitative estimate of drug-likeness (QED) is 0.643. The zero-order chi connectivity index (χ0) is 16.4. The van der Waals surface area contributed by atoms with E-state index in [9.17, 15) is 18.5 Å². The van der Waals surface area contributed by atoms with Gasteiger partial charge in [0.05, 0.1) is 10.6 Å². The van der Waals surface area contributed by atoms with Gasteiger partial charge in [0.1, 0.15) is 4.90 Å². The molecule has 1 rings (SSSR count). The van der Waals surface area contributed by atoms with E-state index in [0.717, 1.165) is 6.07 Å². The van der Waals surface area contributed by atoms with Crippen LogP contribution >= 0.6 is 0 Å².